The highest BCUT2D eigenvalue weighted by molar-refractivity contribution is 5.97. The molecule has 0 unspecified atom stereocenters. The van der Waals surface area contributed by atoms with Crippen molar-refractivity contribution in [3.63, 3.8) is 0 Å². The van der Waals surface area contributed by atoms with Crippen molar-refractivity contribution >= 4 is 17.5 Å². The molecule has 1 aliphatic carbocycles. The number of nitrogens with one attached hydrogen (secondary N) is 1. The Morgan fingerprint density at radius 3 is 2.37 bits per heavy atom. The zero-order chi connectivity index (χ0) is 21.5. The summed E-state index contributed by atoms with van der Waals surface area (Å²) in [7, 11) is 0. The van der Waals surface area contributed by atoms with Crippen LogP contribution >= 0.6 is 0 Å². The van der Waals surface area contributed by atoms with E-state index >= 15 is 0 Å². The topological polar surface area (TPSA) is 52.7 Å². The van der Waals surface area contributed by atoms with E-state index in [-0.39, 0.29) is 11.8 Å². The summed E-state index contributed by atoms with van der Waals surface area (Å²) in [5.41, 5.74) is 2.48. The van der Waals surface area contributed by atoms with E-state index < -0.39 is 0 Å². The maximum atomic E-state index is 12.8. The maximum Gasteiger partial charge on any atom is 0.253 e. The summed E-state index contributed by atoms with van der Waals surface area (Å²) in [4.78, 5) is 29.5. The molecule has 1 fully saturated rings. The quantitative estimate of drug-likeness (QED) is 0.635. The van der Waals surface area contributed by atoms with Crippen LogP contribution in [-0.2, 0) is 11.3 Å². The van der Waals surface area contributed by atoms with Gasteiger partial charge in [0, 0.05) is 36.9 Å². The number of rotatable bonds is 10. The molecule has 1 saturated carbocycles. The van der Waals surface area contributed by atoms with E-state index in [1.54, 1.807) is 17.0 Å². The Morgan fingerprint density at radius 1 is 1.03 bits per heavy atom. The summed E-state index contributed by atoms with van der Waals surface area (Å²) >= 11 is 0. The van der Waals surface area contributed by atoms with Crippen LogP contribution in [0.4, 0.5) is 5.69 Å². The second-order valence-electron chi connectivity index (χ2n) is 8.08. The van der Waals surface area contributed by atoms with Crippen LogP contribution < -0.4 is 5.32 Å². The minimum absolute atomic E-state index is 0.0100. The third kappa shape index (κ3) is 5.92. The summed E-state index contributed by atoms with van der Waals surface area (Å²) in [6.45, 7) is 8.58. The predicted octanol–water partition coefficient (Wildman–Crippen LogP) is 4.41. The number of hydrogen-bond donors (Lipinski definition) is 1. The Hall–Kier alpha value is -2.66. The fourth-order valence-electron chi connectivity index (χ4n) is 3.85. The highest BCUT2D eigenvalue weighted by Crippen LogP contribution is 2.35. The highest BCUT2D eigenvalue weighted by atomic mass is 16.2. The molecule has 1 atom stereocenters. The maximum absolute atomic E-state index is 12.8. The Labute approximate surface area is 180 Å². The van der Waals surface area contributed by atoms with Crippen molar-refractivity contribution in [3.8, 4) is 0 Å². The molecule has 0 radical (unpaired) electrons. The standard InChI is InChI=1S/C25H33N3O2/c1-4-27(5-2)25(30)22-12-9-13-23(16-22)26-24(29)18-28(19(3)21-14-15-21)17-20-10-7-6-8-11-20/h6-13,16,19,21H,4-5,14-15,17-18H2,1-3H3,(H,26,29)/t19-/m1/s1. The molecule has 30 heavy (non-hydrogen) atoms. The molecule has 1 aliphatic rings. The molecule has 2 aromatic rings. The van der Waals surface area contributed by atoms with E-state index in [0.717, 1.165) is 6.54 Å². The summed E-state index contributed by atoms with van der Waals surface area (Å²) < 4.78 is 0. The van der Waals surface area contributed by atoms with Gasteiger partial charge in [0.05, 0.1) is 6.54 Å². The summed E-state index contributed by atoms with van der Waals surface area (Å²) in [6.07, 6.45) is 2.48. The number of anilines is 1. The fraction of sp³-hybridized carbons (Fsp3) is 0.440. The number of nitrogens with zero attached hydrogens (tertiary/aromatic N) is 2. The van der Waals surface area contributed by atoms with Crippen molar-refractivity contribution in [1.82, 2.24) is 9.80 Å². The van der Waals surface area contributed by atoms with Crippen molar-refractivity contribution < 1.29 is 9.59 Å². The zero-order valence-corrected chi connectivity index (χ0v) is 18.3. The Morgan fingerprint density at radius 2 is 1.73 bits per heavy atom. The molecule has 0 aromatic heterocycles. The van der Waals surface area contributed by atoms with Gasteiger partial charge in [0.25, 0.3) is 5.91 Å². The molecule has 0 bridgehead atoms. The van der Waals surface area contributed by atoms with Crippen molar-refractivity contribution in [2.45, 2.75) is 46.2 Å². The molecule has 0 aliphatic heterocycles. The molecule has 3 rings (SSSR count). The van der Waals surface area contributed by atoms with Gasteiger partial charge in [-0.05, 0) is 63.3 Å². The first-order valence-electron chi connectivity index (χ1n) is 11.0. The van der Waals surface area contributed by atoms with Crippen LogP contribution in [0.15, 0.2) is 54.6 Å². The first kappa shape index (κ1) is 22.0. The van der Waals surface area contributed by atoms with Crippen LogP contribution in [0.1, 0.15) is 49.5 Å². The lowest BCUT2D eigenvalue weighted by Crippen LogP contribution is -2.40. The van der Waals surface area contributed by atoms with E-state index in [1.807, 2.05) is 44.2 Å². The number of amides is 2. The average Bonchev–Trinajstić information content (AvgIpc) is 3.60. The third-order valence-electron chi connectivity index (χ3n) is 5.90. The fourth-order valence-corrected chi connectivity index (χ4v) is 3.85. The lowest BCUT2D eigenvalue weighted by molar-refractivity contribution is -0.118. The van der Waals surface area contributed by atoms with E-state index in [2.05, 4.69) is 29.3 Å². The van der Waals surface area contributed by atoms with E-state index in [9.17, 15) is 9.59 Å². The van der Waals surface area contributed by atoms with Gasteiger partial charge in [0.1, 0.15) is 0 Å². The summed E-state index contributed by atoms with van der Waals surface area (Å²) in [5.74, 6) is 0.617. The van der Waals surface area contributed by atoms with Gasteiger partial charge in [-0.3, -0.25) is 14.5 Å². The van der Waals surface area contributed by atoms with Crippen LogP contribution in [0.5, 0.6) is 0 Å². The van der Waals surface area contributed by atoms with Crippen LogP contribution in [-0.4, -0.2) is 47.3 Å². The van der Waals surface area contributed by atoms with Gasteiger partial charge in [-0.25, -0.2) is 0 Å². The average molecular weight is 408 g/mol. The molecule has 1 N–H and O–H groups in total. The number of hydrogen-bond acceptors (Lipinski definition) is 3. The van der Waals surface area contributed by atoms with Crippen molar-refractivity contribution in [1.29, 1.82) is 0 Å². The van der Waals surface area contributed by atoms with Crippen molar-refractivity contribution in [2.24, 2.45) is 5.92 Å². The minimum Gasteiger partial charge on any atom is -0.339 e. The first-order valence-corrected chi connectivity index (χ1v) is 11.0. The molecule has 2 amide bonds. The van der Waals surface area contributed by atoms with Gasteiger partial charge < -0.3 is 10.2 Å². The van der Waals surface area contributed by atoms with E-state index in [0.29, 0.717) is 42.8 Å². The monoisotopic (exact) mass is 407 g/mol. The molecule has 0 saturated heterocycles. The van der Waals surface area contributed by atoms with Crippen LogP contribution in [0.3, 0.4) is 0 Å². The molecule has 5 heteroatoms. The summed E-state index contributed by atoms with van der Waals surface area (Å²) in [5, 5.41) is 2.99. The molecule has 160 valence electrons. The minimum atomic E-state index is -0.0501. The van der Waals surface area contributed by atoms with Crippen LogP contribution in [0.2, 0.25) is 0 Å². The van der Waals surface area contributed by atoms with Gasteiger partial charge >= 0.3 is 0 Å². The van der Waals surface area contributed by atoms with E-state index in [1.165, 1.54) is 18.4 Å². The highest BCUT2D eigenvalue weighted by Gasteiger charge is 2.32. The second-order valence-corrected chi connectivity index (χ2v) is 8.08. The lowest BCUT2D eigenvalue weighted by Gasteiger charge is -2.28. The van der Waals surface area contributed by atoms with E-state index in [4.69, 9.17) is 0 Å². The second kappa shape index (κ2) is 10.4. The number of carbonyl (C=O) groups excluding carboxylic acids is 2. The van der Waals surface area contributed by atoms with Crippen molar-refractivity contribution in [3.05, 3.63) is 65.7 Å². The smallest absolute Gasteiger partial charge is 0.253 e. The SMILES string of the molecule is CCN(CC)C(=O)c1cccc(NC(=O)CN(Cc2ccccc2)[C@H](C)C2CC2)c1. The van der Waals surface area contributed by atoms with Gasteiger partial charge in [0.2, 0.25) is 5.91 Å². The molecular formula is C25H33N3O2. The Kier molecular flexibility index (Phi) is 7.63. The van der Waals surface area contributed by atoms with Gasteiger partial charge in [-0.2, -0.15) is 0 Å². The van der Waals surface area contributed by atoms with Gasteiger partial charge in [-0.1, -0.05) is 36.4 Å². The largest absolute Gasteiger partial charge is 0.339 e. The van der Waals surface area contributed by atoms with Crippen LogP contribution in [0.25, 0.3) is 0 Å². The van der Waals surface area contributed by atoms with Crippen LogP contribution in [0, 0.1) is 5.92 Å². The number of carbonyl (C=O) groups is 2. The van der Waals surface area contributed by atoms with Gasteiger partial charge in [0.15, 0.2) is 0 Å². The molecular weight excluding hydrogens is 374 g/mol. The normalized spacial score (nSPS) is 14.4. The predicted molar refractivity (Wildman–Crippen MR) is 121 cm³/mol. The molecule has 2 aromatic carbocycles. The third-order valence-corrected chi connectivity index (χ3v) is 5.90. The molecule has 5 nitrogen and oxygen atoms in total. The Balaban J connectivity index is 1.66. The first-order chi connectivity index (χ1) is 14.5. The van der Waals surface area contributed by atoms with Gasteiger partial charge in [-0.15, -0.1) is 0 Å². The molecule has 0 spiro atoms. The van der Waals surface area contributed by atoms with Crippen molar-refractivity contribution in [2.75, 3.05) is 25.0 Å². The Bertz CT molecular complexity index is 844. The lowest BCUT2D eigenvalue weighted by atomic mass is 10.1. The number of benzene rings is 2. The zero-order valence-electron chi connectivity index (χ0n) is 18.3. The molecule has 0 heterocycles. The summed E-state index contributed by atoms with van der Waals surface area (Å²) in [6, 6.07) is 17.9.